The predicted molar refractivity (Wildman–Crippen MR) is 65.5 cm³/mol. The lowest BCUT2D eigenvalue weighted by atomic mass is 10.3. The number of nitrogens with one attached hydrogen (secondary N) is 1. The molecule has 19 heavy (non-hydrogen) atoms. The average molecular weight is 309 g/mol. The number of carboxylic acid groups (broad SMARTS) is 1. The maximum absolute atomic E-state index is 11.9. The zero-order chi connectivity index (χ0) is 14.8. The Morgan fingerprint density at radius 1 is 1.53 bits per heavy atom. The number of non-ortho nitro benzene ring substituents is 1. The van der Waals surface area contributed by atoms with Gasteiger partial charge in [-0.25, -0.2) is 8.42 Å². The number of sulfonamides is 1. The normalized spacial score (nSPS) is 12.9. The maximum atomic E-state index is 11.9. The molecule has 1 rings (SSSR count). The minimum atomic E-state index is -4.26. The molecule has 0 heterocycles. The van der Waals surface area contributed by atoms with E-state index in [2.05, 4.69) is 0 Å². The summed E-state index contributed by atoms with van der Waals surface area (Å²) in [5, 5.41) is 19.0. The fourth-order valence-corrected chi connectivity index (χ4v) is 2.87. The first-order chi connectivity index (χ1) is 8.65. The molecule has 0 aromatic heterocycles. The van der Waals surface area contributed by atoms with Crippen LogP contribution in [0.2, 0.25) is 5.02 Å². The molecule has 104 valence electrons. The van der Waals surface area contributed by atoms with E-state index < -0.39 is 37.5 Å². The number of hydrogen-bond acceptors (Lipinski definition) is 5. The van der Waals surface area contributed by atoms with Crippen LogP contribution in [0.3, 0.4) is 0 Å². The van der Waals surface area contributed by atoms with Crippen LogP contribution in [-0.4, -0.2) is 30.5 Å². The first-order valence-corrected chi connectivity index (χ1v) is 6.70. The van der Waals surface area contributed by atoms with Crippen LogP contribution in [0.25, 0.3) is 0 Å². The van der Waals surface area contributed by atoms with Crippen LogP contribution in [0.4, 0.5) is 5.69 Å². The lowest BCUT2D eigenvalue weighted by Crippen LogP contribution is -2.38. The number of nitro benzene ring substituents is 1. The molecular weight excluding hydrogens is 300 g/mol. The number of nitro groups is 1. The molecule has 0 saturated carbocycles. The quantitative estimate of drug-likeness (QED) is 0.617. The first kappa shape index (κ1) is 15.3. The Morgan fingerprint density at radius 3 is 2.58 bits per heavy atom. The van der Waals surface area contributed by atoms with Gasteiger partial charge in [-0.15, -0.1) is 0 Å². The second-order valence-electron chi connectivity index (χ2n) is 3.55. The Bertz CT molecular complexity index is 630. The molecule has 0 unspecified atom stereocenters. The van der Waals surface area contributed by atoms with E-state index in [1.54, 1.807) is 0 Å². The molecule has 0 bridgehead atoms. The van der Waals surface area contributed by atoms with Gasteiger partial charge >= 0.3 is 5.97 Å². The number of halogens is 1. The van der Waals surface area contributed by atoms with Gasteiger partial charge in [0.25, 0.3) is 5.69 Å². The van der Waals surface area contributed by atoms with Crippen LogP contribution >= 0.6 is 11.6 Å². The second kappa shape index (κ2) is 5.51. The van der Waals surface area contributed by atoms with Gasteiger partial charge in [-0.1, -0.05) is 11.6 Å². The zero-order valence-electron chi connectivity index (χ0n) is 9.53. The highest BCUT2D eigenvalue weighted by atomic mass is 35.5. The van der Waals surface area contributed by atoms with Gasteiger partial charge in [0.05, 0.1) is 9.95 Å². The molecule has 1 aromatic carbocycles. The van der Waals surface area contributed by atoms with E-state index in [-0.39, 0.29) is 5.02 Å². The van der Waals surface area contributed by atoms with Crippen LogP contribution in [0.1, 0.15) is 6.92 Å². The number of carbonyl (C=O) groups is 1. The fourth-order valence-electron chi connectivity index (χ4n) is 1.16. The van der Waals surface area contributed by atoms with Gasteiger partial charge in [-0.3, -0.25) is 14.9 Å². The summed E-state index contributed by atoms with van der Waals surface area (Å²) in [6, 6.07) is 1.47. The van der Waals surface area contributed by atoms with E-state index in [9.17, 15) is 23.3 Å². The van der Waals surface area contributed by atoms with E-state index in [1.165, 1.54) is 0 Å². The van der Waals surface area contributed by atoms with E-state index in [1.807, 2.05) is 4.72 Å². The van der Waals surface area contributed by atoms with E-state index >= 15 is 0 Å². The van der Waals surface area contributed by atoms with Crippen LogP contribution in [0, 0.1) is 10.1 Å². The van der Waals surface area contributed by atoms with Gasteiger partial charge in [-0.2, -0.15) is 4.72 Å². The summed E-state index contributed by atoms with van der Waals surface area (Å²) in [7, 11) is -4.26. The van der Waals surface area contributed by atoms with Crippen molar-refractivity contribution in [3.63, 3.8) is 0 Å². The molecule has 1 aromatic rings. The highest BCUT2D eigenvalue weighted by Crippen LogP contribution is 2.26. The summed E-state index contributed by atoms with van der Waals surface area (Å²) in [4.78, 5) is 19.8. The standard InChI is InChI=1S/C9H9ClN2O6S/c1-5(9(13)14)11-19(17,18)8-4-6(12(15)16)2-3-7(8)10/h2-5,11H,1H3,(H,13,14)/t5-/m0/s1. The third-order valence-corrected chi connectivity index (χ3v) is 4.14. The number of carboxylic acids is 1. The predicted octanol–water partition coefficient (Wildman–Crippen LogP) is 1.000. The highest BCUT2D eigenvalue weighted by molar-refractivity contribution is 7.89. The zero-order valence-corrected chi connectivity index (χ0v) is 11.1. The molecule has 0 saturated heterocycles. The molecule has 0 aliphatic rings. The Balaban J connectivity index is 3.24. The van der Waals surface area contributed by atoms with Gasteiger partial charge in [-0.05, 0) is 13.0 Å². The molecule has 0 amide bonds. The molecule has 0 aliphatic carbocycles. The van der Waals surface area contributed by atoms with E-state index in [0.29, 0.717) is 0 Å². The monoisotopic (exact) mass is 308 g/mol. The van der Waals surface area contributed by atoms with Gasteiger partial charge < -0.3 is 5.11 Å². The molecule has 0 spiro atoms. The Morgan fingerprint density at radius 2 is 2.11 bits per heavy atom. The largest absolute Gasteiger partial charge is 0.480 e. The Kier molecular flexibility index (Phi) is 4.45. The number of rotatable bonds is 5. The van der Waals surface area contributed by atoms with E-state index in [4.69, 9.17) is 16.7 Å². The van der Waals surface area contributed by atoms with Crippen molar-refractivity contribution in [2.75, 3.05) is 0 Å². The lowest BCUT2D eigenvalue weighted by Gasteiger charge is -2.11. The summed E-state index contributed by atoms with van der Waals surface area (Å²) in [5.74, 6) is -1.38. The summed E-state index contributed by atoms with van der Waals surface area (Å²) in [6.45, 7) is 1.12. The van der Waals surface area contributed by atoms with Crippen molar-refractivity contribution in [1.82, 2.24) is 4.72 Å². The third-order valence-electron chi connectivity index (χ3n) is 2.12. The van der Waals surface area contributed by atoms with Crippen molar-refractivity contribution in [3.8, 4) is 0 Å². The SMILES string of the molecule is C[C@H](NS(=O)(=O)c1cc([N+](=O)[O-])ccc1Cl)C(=O)O. The Hall–Kier alpha value is -1.71. The van der Waals surface area contributed by atoms with Gasteiger partial charge in [0, 0.05) is 12.1 Å². The van der Waals surface area contributed by atoms with Crippen LogP contribution < -0.4 is 4.72 Å². The van der Waals surface area contributed by atoms with Gasteiger partial charge in [0.15, 0.2) is 0 Å². The lowest BCUT2D eigenvalue weighted by molar-refractivity contribution is -0.385. The summed E-state index contributed by atoms with van der Waals surface area (Å²) < 4.78 is 25.6. The van der Waals surface area contributed by atoms with Crippen molar-refractivity contribution in [2.45, 2.75) is 17.9 Å². The number of benzene rings is 1. The van der Waals surface area contributed by atoms with Crippen LogP contribution in [0.5, 0.6) is 0 Å². The van der Waals surface area contributed by atoms with E-state index in [0.717, 1.165) is 25.1 Å². The summed E-state index contributed by atoms with van der Waals surface area (Å²) in [6.07, 6.45) is 0. The van der Waals surface area contributed by atoms with Gasteiger partial charge in [0.2, 0.25) is 10.0 Å². The molecule has 2 N–H and O–H groups in total. The molecular formula is C9H9ClN2O6S. The smallest absolute Gasteiger partial charge is 0.321 e. The molecule has 0 radical (unpaired) electrons. The van der Waals surface area contributed by atoms with Crippen molar-refractivity contribution >= 4 is 33.3 Å². The molecule has 1 atom stereocenters. The molecule has 8 nitrogen and oxygen atoms in total. The van der Waals surface area contributed by atoms with Crippen molar-refractivity contribution in [2.24, 2.45) is 0 Å². The number of hydrogen-bond donors (Lipinski definition) is 2. The fraction of sp³-hybridized carbons (Fsp3) is 0.222. The van der Waals surface area contributed by atoms with Gasteiger partial charge in [0.1, 0.15) is 10.9 Å². The number of nitrogens with zero attached hydrogens (tertiary/aromatic N) is 1. The topological polar surface area (TPSA) is 127 Å². The van der Waals surface area contributed by atoms with Crippen molar-refractivity contribution in [1.29, 1.82) is 0 Å². The number of aliphatic carboxylic acids is 1. The average Bonchev–Trinajstić information content (AvgIpc) is 2.28. The van der Waals surface area contributed by atoms with Crippen LogP contribution in [0.15, 0.2) is 23.1 Å². The second-order valence-corrected chi connectivity index (χ2v) is 5.64. The minimum Gasteiger partial charge on any atom is -0.480 e. The third kappa shape index (κ3) is 3.63. The van der Waals surface area contributed by atoms with Crippen molar-refractivity contribution < 1.29 is 23.2 Å². The van der Waals surface area contributed by atoms with Crippen LogP contribution in [-0.2, 0) is 14.8 Å². The molecule has 0 fully saturated rings. The summed E-state index contributed by atoms with van der Waals surface area (Å²) >= 11 is 5.66. The Labute approximate surface area is 113 Å². The maximum Gasteiger partial charge on any atom is 0.321 e. The molecule has 10 heteroatoms. The highest BCUT2D eigenvalue weighted by Gasteiger charge is 2.25. The first-order valence-electron chi connectivity index (χ1n) is 4.84. The minimum absolute atomic E-state index is 0.240. The summed E-state index contributed by atoms with van der Waals surface area (Å²) in [5.41, 5.74) is -0.465. The molecule has 0 aliphatic heterocycles. The van der Waals surface area contributed by atoms with Crippen molar-refractivity contribution in [3.05, 3.63) is 33.3 Å².